The molecule has 4 saturated carbocycles. The molecule has 14 heteroatoms. The van der Waals surface area contributed by atoms with Crippen molar-refractivity contribution in [3.63, 3.8) is 0 Å². The molecule has 0 aliphatic heterocycles. The first kappa shape index (κ1) is 35.3. The molecule has 0 unspecified atom stereocenters. The van der Waals surface area contributed by atoms with Gasteiger partial charge in [-0.05, 0) is 131 Å². The molecule has 52 heavy (non-hydrogen) atoms. The van der Waals surface area contributed by atoms with Gasteiger partial charge in [0.25, 0.3) is 11.8 Å². The highest BCUT2D eigenvalue weighted by Crippen LogP contribution is 2.37. The Morgan fingerprint density at radius 2 is 0.981 bits per heavy atom. The summed E-state index contributed by atoms with van der Waals surface area (Å²) < 4.78 is 28.3. The number of aromatic amines is 2. The predicted octanol–water partition coefficient (Wildman–Crippen LogP) is 6.78. The summed E-state index contributed by atoms with van der Waals surface area (Å²) >= 11 is 0. The number of rotatable bonds is 13. The van der Waals surface area contributed by atoms with Crippen molar-refractivity contribution in [3.8, 4) is 23.3 Å². The van der Waals surface area contributed by atoms with E-state index in [1.807, 2.05) is 0 Å². The van der Waals surface area contributed by atoms with Gasteiger partial charge in [-0.25, -0.2) is 19.8 Å². The van der Waals surface area contributed by atoms with Gasteiger partial charge in [0.2, 0.25) is 11.4 Å². The fourth-order valence-corrected chi connectivity index (χ4v) is 6.81. The molecule has 2 aromatic heterocycles. The quantitative estimate of drug-likeness (QED) is 0.124. The molecule has 0 spiro atoms. The number of carboxylic acids is 1. The SMILES string of the molecule is CCOC(=O)c1[nH]nnc1OC1CCC(c2ccc(OC3CC3)cc2)CC1.O=C(O)c1[nH]nnc1OC1CCC(c2ccc(OC3CC3)cc2)CC1. The molecule has 4 aliphatic rings. The van der Waals surface area contributed by atoms with Crippen molar-refractivity contribution in [3.05, 3.63) is 71.0 Å². The van der Waals surface area contributed by atoms with Crippen molar-refractivity contribution in [1.29, 1.82) is 0 Å². The molecule has 0 saturated heterocycles. The third kappa shape index (κ3) is 9.39. The van der Waals surface area contributed by atoms with Crippen molar-refractivity contribution in [2.24, 2.45) is 0 Å². The smallest absolute Gasteiger partial charge is 0.362 e. The van der Waals surface area contributed by atoms with E-state index in [1.165, 1.54) is 36.8 Å². The molecule has 0 radical (unpaired) electrons. The Hall–Kier alpha value is -5.14. The maximum atomic E-state index is 11.9. The predicted molar refractivity (Wildman–Crippen MR) is 187 cm³/mol. The lowest BCUT2D eigenvalue weighted by molar-refractivity contribution is 0.0507. The highest BCUT2D eigenvalue weighted by Gasteiger charge is 2.29. The van der Waals surface area contributed by atoms with Crippen LogP contribution < -0.4 is 18.9 Å². The Bertz CT molecular complexity index is 1750. The van der Waals surface area contributed by atoms with Gasteiger partial charge in [-0.15, -0.1) is 0 Å². The van der Waals surface area contributed by atoms with Crippen LogP contribution in [0.3, 0.4) is 0 Å². The van der Waals surface area contributed by atoms with Gasteiger partial charge in [0.15, 0.2) is 0 Å². The first-order chi connectivity index (χ1) is 25.4. The zero-order valence-corrected chi connectivity index (χ0v) is 29.4. The monoisotopic (exact) mass is 714 g/mol. The molecular weight excluding hydrogens is 668 g/mol. The van der Waals surface area contributed by atoms with E-state index in [9.17, 15) is 9.59 Å². The molecule has 14 nitrogen and oxygen atoms in total. The second-order valence-corrected chi connectivity index (χ2v) is 14.0. The Labute approximate surface area is 301 Å². The van der Waals surface area contributed by atoms with Crippen LogP contribution in [0.4, 0.5) is 0 Å². The number of carboxylic acid groups (broad SMARTS) is 1. The molecular formula is C38H46N6O8. The van der Waals surface area contributed by atoms with Gasteiger partial charge < -0.3 is 28.8 Å². The molecule has 8 rings (SSSR count). The Kier molecular flexibility index (Phi) is 11.2. The summed E-state index contributed by atoms with van der Waals surface area (Å²) in [6.45, 7) is 2.06. The number of H-pyrrole nitrogens is 2. The largest absolute Gasteiger partial charge is 0.490 e. The third-order valence-electron chi connectivity index (χ3n) is 9.99. The first-order valence-electron chi connectivity index (χ1n) is 18.5. The summed E-state index contributed by atoms with van der Waals surface area (Å²) in [5.74, 6) is 1.68. The van der Waals surface area contributed by atoms with Crippen molar-refractivity contribution < 1.29 is 38.4 Å². The molecule has 0 bridgehead atoms. The van der Waals surface area contributed by atoms with Gasteiger partial charge in [-0.1, -0.05) is 44.9 Å². The summed E-state index contributed by atoms with van der Waals surface area (Å²) in [6, 6.07) is 17.0. The Morgan fingerprint density at radius 3 is 1.38 bits per heavy atom. The molecule has 3 N–H and O–H groups in total. The van der Waals surface area contributed by atoms with Crippen LogP contribution in [0, 0.1) is 0 Å². The number of nitrogens with one attached hydrogen (secondary N) is 2. The van der Waals surface area contributed by atoms with Crippen LogP contribution in [-0.2, 0) is 4.74 Å². The lowest BCUT2D eigenvalue weighted by Gasteiger charge is -2.28. The van der Waals surface area contributed by atoms with E-state index in [0.29, 0.717) is 30.7 Å². The summed E-state index contributed by atoms with van der Waals surface area (Å²) in [5, 5.41) is 28.8. The van der Waals surface area contributed by atoms with E-state index < -0.39 is 11.9 Å². The number of carbonyl (C=O) groups is 2. The van der Waals surface area contributed by atoms with Crippen LogP contribution >= 0.6 is 0 Å². The average molecular weight is 715 g/mol. The van der Waals surface area contributed by atoms with E-state index in [4.69, 9.17) is 28.8 Å². The van der Waals surface area contributed by atoms with Crippen molar-refractivity contribution in [2.75, 3.05) is 6.61 Å². The molecule has 2 aromatic carbocycles. The van der Waals surface area contributed by atoms with Gasteiger partial charge >= 0.3 is 11.9 Å². The number of hydrogen-bond donors (Lipinski definition) is 3. The first-order valence-corrected chi connectivity index (χ1v) is 18.5. The molecule has 0 amide bonds. The van der Waals surface area contributed by atoms with Gasteiger partial charge in [-0.3, -0.25) is 0 Å². The topological polar surface area (TPSA) is 184 Å². The van der Waals surface area contributed by atoms with Crippen molar-refractivity contribution in [2.45, 2.75) is 120 Å². The number of ether oxygens (including phenoxy) is 5. The van der Waals surface area contributed by atoms with E-state index in [-0.39, 0.29) is 35.4 Å². The van der Waals surface area contributed by atoms with Crippen LogP contribution in [0.25, 0.3) is 0 Å². The third-order valence-corrected chi connectivity index (χ3v) is 9.99. The second-order valence-electron chi connectivity index (χ2n) is 14.0. The van der Waals surface area contributed by atoms with Crippen molar-refractivity contribution in [1.82, 2.24) is 30.8 Å². The fraction of sp³-hybridized carbons (Fsp3) is 0.526. The maximum absolute atomic E-state index is 11.9. The highest BCUT2D eigenvalue weighted by atomic mass is 16.5. The van der Waals surface area contributed by atoms with E-state index >= 15 is 0 Å². The minimum Gasteiger partial charge on any atom is -0.490 e. The molecule has 4 fully saturated rings. The van der Waals surface area contributed by atoms with Crippen LogP contribution in [0.2, 0.25) is 0 Å². The second kappa shape index (κ2) is 16.5. The summed E-state index contributed by atoms with van der Waals surface area (Å²) in [5.41, 5.74) is 2.78. The van der Waals surface area contributed by atoms with Gasteiger partial charge in [0.05, 0.1) is 18.8 Å². The minimum atomic E-state index is -1.11. The van der Waals surface area contributed by atoms with Crippen LogP contribution in [0.5, 0.6) is 23.3 Å². The number of aromatic nitrogens is 6. The highest BCUT2D eigenvalue weighted by molar-refractivity contribution is 5.89. The lowest BCUT2D eigenvalue weighted by Crippen LogP contribution is -2.24. The van der Waals surface area contributed by atoms with Crippen LogP contribution in [0.15, 0.2) is 48.5 Å². The van der Waals surface area contributed by atoms with Crippen LogP contribution in [-0.4, -0.2) is 78.9 Å². The molecule has 0 atom stereocenters. The van der Waals surface area contributed by atoms with Crippen molar-refractivity contribution >= 4 is 11.9 Å². The standard InChI is InChI=1S/C20H25N3O4.C18H21N3O4/c1-2-25-20(24)18-19(22-23-21-18)27-17-9-5-14(6-10-17)13-3-7-15(8-4-13)26-16-11-12-16;22-18(23)16-17(20-21-19-16)25-15-7-3-12(4-8-15)11-1-5-13(6-2-11)24-14-9-10-14/h3-4,7-8,14,16-17H,2,5-6,9-12H2,1H3,(H,21,22,23);1-2,5-6,12,14-15H,3-4,7-10H2,(H,22,23)(H,19,20,21). The number of aromatic carboxylic acids is 1. The number of nitrogens with zero attached hydrogens (tertiary/aromatic N) is 4. The molecule has 4 aromatic rings. The van der Waals surface area contributed by atoms with Gasteiger partial charge in [0, 0.05) is 0 Å². The van der Waals surface area contributed by atoms with E-state index in [2.05, 4.69) is 79.4 Å². The number of benzene rings is 2. The average Bonchev–Trinajstić information content (AvgIpc) is 4.07. The maximum Gasteiger partial charge on any atom is 0.362 e. The Balaban J connectivity index is 0.000000162. The summed E-state index contributed by atoms with van der Waals surface area (Å²) in [7, 11) is 0. The Morgan fingerprint density at radius 1 is 0.596 bits per heavy atom. The minimum absolute atomic E-state index is 0.0167. The zero-order valence-electron chi connectivity index (χ0n) is 29.4. The normalized spacial score (nSPS) is 22.7. The van der Waals surface area contributed by atoms with E-state index in [0.717, 1.165) is 62.9 Å². The molecule has 4 aliphatic carbocycles. The fourth-order valence-electron chi connectivity index (χ4n) is 6.81. The zero-order chi connectivity index (χ0) is 35.9. The number of hydrogen-bond acceptors (Lipinski definition) is 11. The summed E-state index contributed by atoms with van der Waals surface area (Å²) in [4.78, 5) is 22.9. The number of carbonyl (C=O) groups excluding carboxylic acids is 1. The summed E-state index contributed by atoms with van der Waals surface area (Å²) in [6.07, 6.45) is 13.2. The molecule has 276 valence electrons. The lowest BCUT2D eigenvalue weighted by atomic mass is 9.83. The van der Waals surface area contributed by atoms with Gasteiger partial charge in [-0.2, -0.15) is 0 Å². The van der Waals surface area contributed by atoms with E-state index in [1.54, 1.807) is 6.92 Å². The van der Waals surface area contributed by atoms with Gasteiger partial charge in [0.1, 0.15) is 23.7 Å². The molecule has 2 heterocycles. The number of esters is 1. The van der Waals surface area contributed by atoms with Crippen LogP contribution in [0.1, 0.15) is 128 Å².